The first kappa shape index (κ1) is 13.3. The lowest BCUT2D eigenvalue weighted by molar-refractivity contribution is 0.220. The number of benzene rings is 2. The van der Waals surface area contributed by atoms with Crippen LogP contribution in [0.1, 0.15) is 42.6 Å². The molecule has 1 nitrogen and oxygen atoms in total. The maximum Gasteiger partial charge on any atom is 0.104 e. The molecule has 94 valence electrons. The van der Waals surface area contributed by atoms with Gasteiger partial charge in [-0.1, -0.05) is 66.2 Å². The maximum atomic E-state index is 10.3. The maximum absolute atomic E-state index is 10.3. The summed E-state index contributed by atoms with van der Waals surface area (Å²) in [7, 11) is 0. The molecule has 0 aliphatic heterocycles. The number of aliphatic hydroxyl groups excluding tert-OH is 1. The van der Waals surface area contributed by atoms with E-state index in [1.807, 2.05) is 36.4 Å². The third kappa shape index (κ3) is 3.01. The highest BCUT2D eigenvalue weighted by atomic mass is 79.9. The van der Waals surface area contributed by atoms with Gasteiger partial charge in [0.2, 0.25) is 0 Å². The second kappa shape index (κ2) is 5.68. The zero-order valence-electron chi connectivity index (χ0n) is 10.6. The topological polar surface area (TPSA) is 20.2 Å². The zero-order chi connectivity index (χ0) is 13.1. The third-order valence-corrected chi connectivity index (χ3v) is 3.58. The number of halogens is 1. The van der Waals surface area contributed by atoms with Gasteiger partial charge in [-0.2, -0.15) is 0 Å². The van der Waals surface area contributed by atoms with Crippen LogP contribution in [-0.2, 0) is 0 Å². The van der Waals surface area contributed by atoms with Crippen molar-refractivity contribution in [2.24, 2.45) is 0 Å². The van der Waals surface area contributed by atoms with Crippen LogP contribution in [0.3, 0.4) is 0 Å². The summed E-state index contributed by atoms with van der Waals surface area (Å²) in [6, 6.07) is 15.9. The van der Waals surface area contributed by atoms with E-state index < -0.39 is 6.10 Å². The number of aliphatic hydroxyl groups is 1. The summed E-state index contributed by atoms with van der Waals surface area (Å²) < 4.78 is 0.984. The summed E-state index contributed by atoms with van der Waals surface area (Å²) in [4.78, 5) is 0. The Labute approximate surface area is 117 Å². The molecule has 0 aliphatic rings. The molecule has 18 heavy (non-hydrogen) atoms. The Morgan fingerprint density at radius 3 is 2.06 bits per heavy atom. The van der Waals surface area contributed by atoms with Crippen LogP contribution in [0.4, 0.5) is 0 Å². The van der Waals surface area contributed by atoms with Crippen molar-refractivity contribution in [1.82, 2.24) is 0 Å². The Kier molecular flexibility index (Phi) is 4.20. The minimum absolute atomic E-state index is 0.516. The van der Waals surface area contributed by atoms with Gasteiger partial charge in [-0.25, -0.2) is 0 Å². The predicted molar refractivity (Wildman–Crippen MR) is 78.7 cm³/mol. The molecule has 0 saturated heterocycles. The van der Waals surface area contributed by atoms with Gasteiger partial charge in [-0.05, 0) is 34.7 Å². The number of hydrogen-bond donors (Lipinski definition) is 1. The molecular formula is C16H17BrO. The van der Waals surface area contributed by atoms with E-state index in [1.165, 1.54) is 5.56 Å². The average Bonchev–Trinajstić information content (AvgIpc) is 2.38. The normalized spacial score (nSPS) is 12.7. The summed E-state index contributed by atoms with van der Waals surface area (Å²) in [5, 5.41) is 10.3. The van der Waals surface area contributed by atoms with Gasteiger partial charge < -0.3 is 5.11 Å². The first-order chi connectivity index (χ1) is 8.58. The quantitative estimate of drug-likeness (QED) is 0.875. The minimum Gasteiger partial charge on any atom is -0.384 e. The van der Waals surface area contributed by atoms with E-state index in [0.29, 0.717) is 5.92 Å². The van der Waals surface area contributed by atoms with Crippen molar-refractivity contribution in [2.45, 2.75) is 25.9 Å². The number of rotatable bonds is 3. The SMILES string of the molecule is CC(C)c1ccc([C@H](O)c2cccc(Br)c2)cc1. The molecule has 0 unspecified atom stereocenters. The van der Waals surface area contributed by atoms with E-state index in [2.05, 4.69) is 41.9 Å². The van der Waals surface area contributed by atoms with E-state index in [9.17, 15) is 5.11 Å². The highest BCUT2D eigenvalue weighted by Crippen LogP contribution is 2.25. The largest absolute Gasteiger partial charge is 0.384 e. The Hall–Kier alpha value is -1.12. The summed E-state index contributed by atoms with van der Waals surface area (Å²) in [6.07, 6.45) is -0.566. The van der Waals surface area contributed by atoms with Crippen molar-refractivity contribution in [3.05, 3.63) is 69.7 Å². The van der Waals surface area contributed by atoms with Crippen LogP contribution in [0.25, 0.3) is 0 Å². The molecule has 0 aliphatic carbocycles. The zero-order valence-corrected chi connectivity index (χ0v) is 12.2. The van der Waals surface area contributed by atoms with E-state index in [1.54, 1.807) is 0 Å². The lowest BCUT2D eigenvalue weighted by atomic mass is 9.97. The van der Waals surface area contributed by atoms with Gasteiger partial charge in [-0.15, -0.1) is 0 Å². The Morgan fingerprint density at radius 2 is 1.50 bits per heavy atom. The lowest BCUT2D eigenvalue weighted by Crippen LogP contribution is -2.00. The molecule has 2 aromatic rings. The molecule has 0 amide bonds. The first-order valence-electron chi connectivity index (χ1n) is 6.11. The van der Waals surface area contributed by atoms with Crippen LogP contribution < -0.4 is 0 Å². The molecule has 2 rings (SSSR count). The molecule has 0 radical (unpaired) electrons. The molecular weight excluding hydrogens is 288 g/mol. The number of hydrogen-bond acceptors (Lipinski definition) is 1. The van der Waals surface area contributed by atoms with Crippen LogP contribution in [0, 0.1) is 0 Å². The van der Waals surface area contributed by atoms with Crippen LogP contribution >= 0.6 is 15.9 Å². The minimum atomic E-state index is -0.566. The summed E-state index contributed by atoms with van der Waals surface area (Å²) in [5.74, 6) is 0.516. The Bertz CT molecular complexity index is 517. The molecule has 0 spiro atoms. The molecule has 0 saturated carbocycles. The van der Waals surface area contributed by atoms with E-state index in [0.717, 1.165) is 15.6 Å². The summed E-state index contributed by atoms with van der Waals surface area (Å²) in [5.41, 5.74) is 3.12. The average molecular weight is 305 g/mol. The summed E-state index contributed by atoms with van der Waals surface area (Å²) in [6.45, 7) is 4.33. The molecule has 0 heterocycles. The van der Waals surface area contributed by atoms with Crippen LogP contribution in [0.2, 0.25) is 0 Å². The van der Waals surface area contributed by atoms with Gasteiger partial charge in [0.1, 0.15) is 6.10 Å². The van der Waals surface area contributed by atoms with Crippen molar-refractivity contribution in [3.63, 3.8) is 0 Å². The van der Waals surface area contributed by atoms with Gasteiger partial charge in [0.05, 0.1) is 0 Å². The fourth-order valence-electron chi connectivity index (χ4n) is 1.93. The van der Waals surface area contributed by atoms with Crippen molar-refractivity contribution < 1.29 is 5.11 Å². The third-order valence-electron chi connectivity index (χ3n) is 3.08. The molecule has 0 bridgehead atoms. The molecule has 2 heteroatoms. The van der Waals surface area contributed by atoms with Gasteiger partial charge in [0.25, 0.3) is 0 Å². The van der Waals surface area contributed by atoms with Gasteiger partial charge in [0, 0.05) is 4.47 Å². The molecule has 1 N–H and O–H groups in total. The molecule has 2 aromatic carbocycles. The van der Waals surface area contributed by atoms with Crippen molar-refractivity contribution >= 4 is 15.9 Å². The van der Waals surface area contributed by atoms with Gasteiger partial charge in [-0.3, -0.25) is 0 Å². The Balaban J connectivity index is 2.26. The predicted octanol–water partition coefficient (Wildman–Crippen LogP) is 4.65. The highest BCUT2D eigenvalue weighted by molar-refractivity contribution is 9.10. The van der Waals surface area contributed by atoms with Crippen LogP contribution in [0.15, 0.2) is 53.0 Å². The first-order valence-corrected chi connectivity index (χ1v) is 6.90. The standard InChI is InChI=1S/C16H17BrO/c1-11(2)12-6-8-13(9-7-12)16(18)14-4-3-5-15(17)10-14/h3-11,16,18H,1-2H3/t16-/m0/s1. The van der Waals surface area contributed by atoms with Crippen molar-refractivity contribution in [1.29, 1.82) is 0 Å². The van der Waals surface area contributed by atoms with Crippen LogP contribution in [0.5, 0.6) is 0 Å². The second-order valence-corrected chi connectivity index (χ2v) is 5.69. The summed E-state index contributed by atoms with van der Waals surface area (Å²) >= 11 is 3.42. The molecule has 1 atom stereocenters. The van der Waals surface area contributed by atoms with E-state index >= 15 is 0 Å². The smallest absolute Gasteiger partial charge is 0.104 e. The Morgan fingerprint density at radius 1 is 0.889 bits per heavy atom. The van der Waals surface area contributed by atoms with Crippen molar-refractivity contribution in [3.8, 4) is 0 Å². The van der Waals surface area contributed by atoms with Gasteiger partial charge in [0.15, 0.2) is 0 Å². The molecule has 0 fully saturated rings. The highest BCUT2D eigenvalue weighted by Gasteiger charge is 2.10. The molecule has 0 aromatic heterocycles. The van der Waals surface area contributed by atoms with E-state index in [4.69, 9.17) is 0 Å². The van der Waals surface area contributed by atoms with Crippen LogP contribution in [-0.4, -0.2) is 5.11 Å². The monoisotopic (exact) mass is 304 g/mol. The van der Waals surface area contributed by atoms with Gasteiger partial charge >= 0.3 is 0 Å². The lowest BCUT2D eigenvalue weighted by Gasteiger charge is -2.13. The van der Waals surface area contributed by atoms with Crippen molar-refractivity contribution in [2.75, 3.05) is 0 Å². The fraction of sp³-hybridized carbons (Fsp3) is 0.250. The second-order valence-electron chi connectivity index (χ2n) is 4.78. The fourth-order valence-corrected chi connectivity index (χ4v) is 2.35. The van der Waals surface area contributed by atoms with E-state index in [-0.39, 0.29) is 0 Å².